The second kappa shape index (κ2) is 8.49. The van der Waals surface area contributed by atoms with Crippen molar-refractivity contribution in [2.75, 3.05) is 22.9 Å². The third kappa shape index (κ3) is 4.58. The van der Waals surface area contributed by atoms with E-state index in [1.165, 1.54) is 45.8 Å². The standard InChI is InChI=1S/C21H19FN2O3S3/c1-30(26,27)24-10-2-3-15-11-16(6-9-19(15)24)20(25)13-29-21-23-18(12-28-21)14-4-7-17(22)8-5-14/h4-9,11-12H,2-3,10,13H2,1H3. The van der Waals surface area contributed by atoms with Crippen LogP contribution in [0.4, 0.5) is 10.1 Å². The second-order valence-corrected chi connectivity index (χ2v) is 11.0. The van der Waals surface area contributed by atoms with Crippen LogP contribution in [0.1, 0.15) is 22.3 Å². The van der Waals surface area contributed by atoms with Crippen LogP contribution in [0.5, 0.6) is 0 Å². The number of rotatable bonds is 6. The van der Waals surface area contributed by atoms with Crippen LogP contribution in [0.2, 0.25) is 0 Å². The Morgan fingerprint density at radius 2 is 2.00 bits per heavy atom. The number of ketones is 1. The van der Waals surface area contributed by atoms with Crippen LogP contribution in [0.25, 0.3) is 11.3 Å². The van der Waals surface area contributed by atoms with Crippen LogP contribution in [0, 0.1) is 5.82 Å². The Balaban J connectivity index is 1.44. The number of sulfonamides is 1. The van der Waals surface area contributed by atoms with Gasteiger partial charge in [-0.05, 0) is 60.9 Å². The molecule has 1 aromatic heterocycles. The zero-order valence-corrected chi connectivity index (χ0v) is 18.6. The number of hydrogen-bond acceptors (Lipinski definition) is 6. The molecule has 0 spiro atoms. The maximum Gasteiger partial charge on any atom is 0.232 e. The highest BCUT2D eigenvalue weighted by molar-refractivity contribution is 8.01. The van der Waals surface area contributed by atoms with Crippen LogP contribution in [0.15, 0.2) is 52.2 Å². The maximum absolute atomic E-state index is 13.1. The van der Waals surface area contributed by atoms with Gasteiger partial charge in [0, 0.05) is 23.1 Å². The van der Waals surface area contributed by atoms with Crippen molar-refractivity contribution in [1.29, 1.82) is 0 Å². The Hall–Kier alpha value is -2.23. The molecule has 3 aromatic rings. The summed E-state index contributed by atoms with van der Waals surface area (Å²) in [6.07, 6.45) is 2.69. The molecule has 0 unspecified atom stereocenters. The smallest absolute Gasteiger partial charge is 0.232 e. The van der Waals surface area contributed by atoms with Crippen molar-refractivity contribution in [3.63, 3.8) is 0 Å². The van der Waals surface area contributed by atoms with Crippen LogP contribution >= 0.6 is 23.1 Å². The molecule has 1 aliphatic heterocycles. The van der Waals surface area contributed by atoms with E-state index in [4.69, 9.17) is 0 Å². The van der Waals surface area contributed by atoms with Gasteiger partial charge in [0.2, 0.25) is 10.0 Å². The third-order valence-electron chi connectivity index (χ3n) is 4.83. The lowest BCUT2D eigenvalue weighted by atomic mass is 9.99. The average molecular weight is 463 g/mol. The molecule has 0 fully saturated rings. The largest absolute Gasteiger partial charge is 0.293 e. The molecule has 9 heteroatoms. The van der Waals surface area contributed by atoms with Crippen LogP contribution in [-0.2, 0) is 16.4 Å². The van der Waals surface area contributed by atoms with Gasteiger partial charge in [0.25, 0.3) is 0 Å². The number of nitrogens with zero attached hydrogens (tertiary/aromatic N) is 2. The Bertz CT molecular complexity index is 1190. The summed E-state index contributed by atoms with van der Waals surface area (Å²) in [5.41, 5.74) is 3.71. The van der Waals surface area contributed by atoms with Gasteiger partial charge in [-0.15, -0.1) is 11.3 Å². The highest BCUT2D eigenvalue weighted by Crippen LogP contribution is 2.32. The number of carbonyl (C=O) groups excluding carboxylic acids is 1. The van der Waals surface area contributed by atoms with Crippen LogP contribution < -0.4 is 4.31 Å². The van der Waals surface area contributed by atoms with Crippen molar-refractivity contribution in [3.05, 3.63) is 64.8 Å². The van der Waals surface area contributed by atoms with Crippen molar-refractivity contribution < 1.29 is 17.6 Å². The summed E-state index contributed by atoms with van der Waals surface area (Å²) >= 11 is 2.81. The number of aromatic nitrogens is 1. The molecule has 4 rings (SSSR count). The molecule has 1 aliphatic rings. The Kier molecular flexibility index (Phi) is 5.95. The first-order chi connectivity index (χ1) is 14.3. The van der Waals surface area contributed by atoms with Crippen molar-refractivity contribution in [1.82, 2.24) is 4.98 Å². The maximum atomic E-state index is 13.1. The lowest BCUT2D eigenvalue weighted by Gasteiger charge is -2.29. The van der Waals surface area contributed by atoms with E-state index in [2.05, 4.69) is 4.98 Å². The van der Waals surface area contributed by atoms with Crippen molar-refractivity contribution in [2.45, 2.75) is 17.2 Å². The highest BCUT2D eigenvalue weighted by Gasteiger charge is 2.24. The monoisotopic (exact) mass is 462 g/mol. The first kappa shape index (κ1) is 21.0. The molecule has 2 aromatic carbocycles. The van der Waals surface area contributed by atoms with Crippen LogP contribution in [0.3, 0.4) is 0 Å². The van der Waals surface area contributed by atoms with Crippen molar-refractivity contribution in [2.24, 2.45) is 0 Å². The van der Waals surface area contributed by atoms with Crippen LogP contribution in [-0.4, -0.2) is 37.7 Å². The quantitative estimate of drug-likeness (QED) is 0.394. The van der Waals surface area contributed by atoms with E-state index in [9.17, 15) is 17.6 Å². The van der Waals surface area contributed by atoms with E-state index < -0.39 is 10.0 Å². The van der Waals surface area contributed by atoms with E-state index in [-0.39, 0.29) is 17.4 Å². The number of carbonyl (C=O) groups is 1. The number of aryl methyl sites for hydroxylation is 1. The van der Waals surface area contributed by atoms with Crippen molar-refractivity contribution >= 4 is 44.6 Å². The second-order valence-electron chi connectivity index (χ2n) is 7.00. The van der Waals surface area contributed by atoms with Gasteiger partial charge in [0.15, 0.2) is 10.1 Å². The highest BCUT2D eigenvalue weighted by atomic mass is 32.2. The van der Waals surface area contributed by atoms with E-state index in [0.29, 0.717) is 17.8 Å². The summed E-state index contributed by atoms with van der Waals surface area (Å²) in [6, 6.07) is 11.4. The summed E-state index contributed by atoms with van der Waals surface area (Å²) < 4.78 is 39.2. The van der Waals surface area contributed by atoms with Crippen molar-refractivity contribution in [3.8, 4) is 11.3 Å². The van der Waals surface area contributed by atoms with Gasteiger partial charge in [-0.2, -0.15) is 0 Å². The fourth-order valence-electron chi connectivity index (χ4n) is 3.37. The van der Waals surface area contributed by atoms with Gasteiger partial charge in [-0.25, -0.2) is 17.8 Å². The molecule has 0 N–H and O–H groups in total. The Morgan fingerprint density at radius 1 is 1.23 bits per heavy atom. The zero-order valence-electron chi connectivity index (χ0n) is 16.2. The Morgan fingerprint density at radius 3 is 2.73 bits per heavy atom. The molecule has 30 heavy (non-hydrogen) atoms. The molecule has 0 saturated carbocycles. The molecule has 0 atom stereocenters. The van der Waals surface area contributed by atoms with Gasteiger partial charge >= 0.3 is 0 Å². The summed E-state index contributed by atoms with van der Waals surface area (Å²) in [6.45, 7) is 0.468. The third-order valence-corrected chi connectivity index (χ3v) is 8.03. The summed E-state index contributed by atoms with van der Waals surface area (Å²) in [7, 11) is -3.33. The molecule has 0 aliphatic carbocycles. The fourth-order valence-corrected chi connectivity index (χ4v) is 6.09. The molecule has 0 saturated heterocycles. The Labute approximate surface area is 183 Å². The van der Waals surface area contributed by atoms with Gasteiger partial charge in [0.05, 0.1) is 23.4 Å². The molecule has 0 amide bonds. The molecule has 156 valence electrons. The minimum atomic E-state index is -3.33. The predicted octanol–water partition coefficient (Wildman–Crippen LogP) is 4.64. The SMILES string of the molecule is CS(=O)(=O)N1CCCc2cc(C(=O)CSc3nc(-c4ccc(F)cc4)cs3)ccc21. The number of thioether (sulfide) groups is 1. The summed E-state index contributed by atoms with van der Waals surface area (Å²) in [4.78, 5) is 17.2. The zero-order chi connectivity index (χ0) is 21.3. The number of hydrogen-bond donors (Lipinski definition) is 0. The summed E-state index contributed by atoms with van der Waals surface area (Å²) in [5.74, 6) is -0.0815. The predicted molar refractivity (Wildman–Crippen MR) is 120 cm³/mol. The number of benzene rings is 2. The van der Waals surface area contributed by atoms with Gasteiger partial charge in [-0.1, -0.05) is 11.8 Å². The normalized spacial score (nSPS) is 13.9. The number of thiazole rings is 1. The number of halogens is 1. The van der Waals surface area contributed by atoms with Gasteiger partial charge < -0.3 is 0 Å². The summed E-state index contributed by atoms with van der Waals surface area (Å²) in [5, 5.41) is 1.89. The first-order valence-electron chi connectivity index (χ1n) is 9.29. The van der Waals surface area contributed by atoms with E-state index >= 15 is 0 Å². The first-order valence-corrected chi connectivity index (χ1v) is 13.0. The lowest BCUT2D eigenvalue weighted by Crippen LogP contribution is -2.34. The lowest BCUT2D eigenvalue weighted by molar-refractivity contribution is 0.102. The number of fused-ring (bicyclic) bond motifs is 1. The van der Waals surface area contributed by atoms with Gasteiger partial charge in [-0.3, -0.25) is 9.10 Å². The molecule has 2 heterocycles. The van der Waals surface area contributed by atoms with E-state index in [1.54, 1.807) is 30.3 Å². The van der Waals surface area contributed by atoms with E-state index in [0.717, 1.165) is 34.0 Å². The topological polar surface area (TPSA) is 67.3 Å². The fraction of sp³-hybridized carbons (Fsp3) is 0.238. The average Bonchev–Trinajstić information content (AvgIpc) is 3.20. The van der Waals surface area contributed by atoms with E-state index in [1.807, 2.05) is 5.38 Å². The molecule has 0 bridgehead atoms. The minimum absolute atomic E-state index is 0.0298. The molecule has 5 nitrogen and oxygen atoms in total. The minimum Gasteiger partial charge on any atom is -0.293 e. The number of Topliss-reactive ketones (excluding diaryl/α,β-unsaturated/α-hetero) is 1. The van der Waals surface area contributed by atoms with Gasteiger partial charge in [0.1, 0.15) is 5.82 Å². The number of anilines is 1. The molecular formula is C21H19FN2O3S3. The molecule has 0 radical (unpaired) electrons. The molecular weight excluding hydrogens is 443 g/mol.